The predicted octanol–water partition coefficient (Wildman–Crippen LogP) is 2.89. The van der Waals surface area contributed by atoms with Crippen LogP contribution in [0, 0.1) is 5.92 Å². The lowest BCUT2D eigenvalue weighted by Gasteiger charge is -2.06. The third-order valence-electron chi connectivity index (χ3n) is 2.43. The van der Waals surface area contributed by atoms with Crippen molar-refractivity contribution in [3.63, 3.8) is 0 Å². The maximum Gasteiger partial charge on any atom is 0.130 e. The lowest BCUT2D eigenvalue weighted by molar-refractivity contribution is -0.116. The maximum atomic E-state index is 10.6. The molecule has 1 nitrogen and oxygen atoms in total. The number of carbonyl (C=O) groups is 1. The van der Waals surface area contributed by atoms with Crippen LogP contribution in [0.3, 0.4) is 0 Å². The van der Waals surface area contributed by atoms with E-state index in [9.17, 15) is 4.79 Å². The van der Waals surface area contributed by atoms with Crippen LogP contribution in [-0.2, 0) is 4.79 Å². The average Bonchev–Trinajstić information content (AvgIpc) is 2.49. The summed E-state index contributed by atoms with van der Waals surface area (Å²) in [6, 6.07) is 0. The first-order valence-electron chi connectivity index (χ1n) is 4.86. The molecule has 1 saturated carbocycles. The highest BCUT2D eigenvalue weighted by molar-refractivity contribution is 7.99. The second-order valence-corrected chi connectivity index (χ2v) is 4.83. The molecule has 0 heterocycles. The summed E-state index contributed by atoms with van der Waals surface area (Å²) in [5.41, 5.74) is 0. The molecule has 0 aromatic rings. The van der Waals surface area contributed by atoms with Gasteiger partial charge in [0.1, 0.15) is 5.78 Å². The molecule has 0 N–H and O–H groups in total. The number of Topliss-reactive ketones (excluding diaryl/α,β-unsaturated/α-hetero) is 1. The van der Waals surface area contributed by atoms with Crippen molar-refractivity contribution in [1.82, 2.24) is 0 Å². The van der Waals surface area contributed by atoms with Gasteiger partial charge in [-0.3, -0.25) is 4.79 Å². The molecule has 0 atom stereocenters. The van der Waals surface area contributed by atoms with E-state index in [0.717, 1.165) is 18.1 Å². The van der Waals surface area contributed by atoms with E-state index in [1.165, 1.54) is 31.4 Å². The fourth-order valence-electron chi connectivity index (χ4n) is 1.64. The van der Waals surface area contributed by atoms with Crippen LogP contribution in [-0.4, -0.2) is 17.3 Å². The van der Waals surface area contributed by atoms with Crippen LogP contribution in [0.15, 0.2) is 0 Å². The number of ketones is 1. The molecule has 0 aromatic heterocycles. The number of rotatable bonds is 5. The fourth-order valence-corrected chi connectivity index (χ4v) is 2.91. The van der Waals surface area contributed by atoms with Crippen molar-refractivity contribution < 1.29 is 4.79 Å². The summed E-state index contributed by atoms with van der Waals surface area (Å²) in [4.78, 5) is 10.6. The molecule has 0 aromatic carbocycles. The van der Waals surface area contributed by atoms with Gasteiger partial charge in [0.15, 0.2) is 0 Å². The Morgan fingerprint density at radius 1 is 1.42 bits per heavy atom. The van der Waals surface area contributed by atoms with E-state index in [4.69, 9.17) is 0 Å². The highest BCUT2D eigenvalue weighted by atomic mass is 32.2. The third kappa shape index (κ3) is 4.15. The molecule has 12 heavy (non-hydrogen) atoms. The maximum absolute atomic E-state index is 10.6. The summed E-state index contributed by atoms with van der Waals surface area (Å²) in [5, 5.41) is 0. The molecule has 0 aliphatic heterocycles. The Labute approximate surface area is 79.3 Å². The number of thioether (sulfide) groups is 1. The standard InChI is InChI=1S/C10H18OS/c1-9(11)6-7-12-8-10-4-2-3-5-10/h10H,2-8H2,1H3. The molecule has 1 fully saturated rings. The first kappa shape index (κ1) is 10.1. The van der Waals surface area contributed by atoms with E-state index in [1.807, 2.05) is 11.8 Å². The van der Waals surface area contributed by atoms with Crippen molar-refractivity contribution in [2.45, 2.75) is 39.0 Å². The molecular formula is C10H18OS. The SMILES string of the molecule is CC(=O)CCSCC1CCCC1. The van der Waals surface area contributed by atoms with Gasteiger partial charge < -0.3 is 0 Å². The number of hydrogen-bond acceptors (Lipinski definition) is 2. The van der Waals surface area contributed by atoms with Crippen molar-refractivity contribution in [2.75, 3.05) is 11.5 Å². The Bertz CT molecular complexity index is 139. The summed E-state index contributed by atoms with van der Waals surface area (Å²) in [7, 11) is 0. The van der Waals surface area contributed by atoms with Gasteiger partial charge in [0, 0.05) is 12.2 Å². The Morgan fingerprint density at radius 2 is 2.08 bits per heavy atom. The number of carbonyl (C=O) groups excluding carboxylic acids is 1. The molecule has 1 rings (SSSR count). The first-order chi connectivity index (χ1) is 5.79. The second kappa shape index (κ2) is 5.63. The fraction of sp³-hybridized carbons (Fsp3) is 0.900. The van der Waals surface area contributed by atoms with Crippen molar-refractivity contribution in [3.05, 3.63) is 0 Å². The number of hydrogen-bond donors (Lipinski definition) is 0. The molecule has 70 valence electrons. The third-order valence-corrected chi connectivity index (χ3v) is 3.63. The minimum Gasteiger partial charge on any atom is -0.300 e. The Morgan fingerprint density at radius 3 is 2.67 bits per heavy atom. The average molecular weight is 186 g/mol. The van der Waals surface area contributed by atoms with E-state index in [2.05, 4.69) is 0 Å². The van der Waals surface area contributed by atoms with E-state index in [1.54, 1.807) is 6.92 Å². The summed E-state index contributed by atoms with van der Waals surface area (Å²) >= 11 is 1.96. The molecule has 0 bridgehead atoms. The van der Waals surface area contributed by atoms with Crippen molar-refractivity contribution in [2.24, 2.45) is 5.92 Å². The molecule has 0 radical (unpaired) electrons. The highest BCUT2D eigenvalue weighted by Crippen LogP contribution is 2.27. The summed E-state index contributed by atoms with van der Waals surface area (Å²) in [6.45, 7) is 1.68. The Kier molecular flexibility index (Phi) is 4.74. The largest absolute Gasteiger partial charge is 0.300 e. The van der Waals surface area contributed by atoms with Gasteiger partial charge in [0.05, 0.1) is 0 Å². The lowest BCUT2D eigenvalue weighted by Crippen LogP contribution is -1.99. The van der Waals surface area contributed by atoms with Crippen molar-refractivity contribution in [3.8, 4) is 0 Å². The van der Waals surface area contributed by atoms with Crippen LogP contribution in [0.25, 0.3) is 0 Å². The van der Waals surface area contributed by atoms with E-state index in [-0.39, 0.29) is 0 Å². The van der Waals surface area contributed by atoms with Crippen LogP contribution >= 0.6 is 11.8 Å². The van der Waals surface area contributed by atoms with Gasteiger partial charge in [0.25, 0.3) is 0 Å². The molecule has 2 heteroatoms. The topological polar surface area (TPSA) is 17.1 Å². The van der Waals surface area contributed by atoms with E-state index >= 15 is 0 Å². The molecule has 0 unspecified atom stereocenters. The van der Waals surface area contributed by atoms with Crippen LogP contribution in [0.5, 0.6) is 0 Å². The second-order valence-electron chi connectivity index (χ2n) is 3.68. The zero-order chi connectivity index (χ0) is 8.81. The quantitative estimate of drug-likeness (QED) is 0.614. The van der Waals surface area contributed by atoms with Gasteiger partial charge in [-0.25, -0.2) is 0 Å². The van der Waals surface area contributed by atoms with Crippen LogP contribution in [0.1, 0.15) is 39.0 Å². The lowest BCUT2D eigenvalue weighted by atomic mass is 10.1. The Hall–Kier alpha value is 0.0200. The monoisotopic (exact) mass is 186 g/mol. The summed E-state index contributed by atoms with van der Waals surface area (Å²) in [6.07, 6.45) is 6.47. The molecule has 0 spiro atoms. The molecular weight excluding hydrogens is 168 g/mol. The normalized spacial score (nSPS) is 18.4. The van der Waals surface area contributed by atoms with Gasteiger partial charge >= 0.3 is 0 Å². The van der Waals surface area contributed by atoms with Crippen molar-refractivity contribution >= 4 is 17.5 Å². The molecule has 0 saturated heterocycles. The summed E-state index contributed by atoms with van der Waals surface area (Å²) < 4.78 is 0. The van der Waals surface area contributed by atoms with Gasteiger partial charge in [-0.1, -0.05) is 12.8 Å². The summed E-state index contributed by atoms with van der Waals surface area (Å²) in [5.74, 6) is 3.61. The zero-order valence-electron chi connectivity index (χ0n) is 7.84. The first-order valence-corrected chi connectivity index (χ1v) is 6.01. The smallest absolute Gasteiger partial charge is 0.130 e. The van der Waals surface area contributed by atoms with Gasteiger partial charge in [-0.15, -0.1) is 0 Å². The molecule has 1 aliphatic carbocycles. The van der Waals surface area contributed by atoms with Gasteiger partial charge in [-0.2, -0.15) is 11.8 Å². The van der Waals surface area contributed by atoms with Crippen molar-refractivity contribution in [1.29, 1.82) is 0 Å². The highest BCUT2D eigenvalue weighted by Gasteiger charge is 2.14. The zero-order valence-corrected chi connectivity index (χ0v) is 8.66. The van der Waals surface area contributed by atoms with Crippen LogP contribution in [0.2, 0.25) is 0 Å². The minimum atomic E-state index is 0.328. The predicted molar refractivity (Wildman–Crippen MR) is 54.6 cm³/mol. The van der Waals surface area contributed by atoms with E-state index in [0.29, 0.717) is 5.78 Å². The minimum absolute atomic E-state index is 0.328. The van der Waals surface area contributed by atoms with Crippen LogP contribution < -0.4 is 0 Å². The molecule has 0 amide bonds. The van der Waals surface area contributed by atoms with Gasteiger partial charge in [0.2, 0.25) is 0 Å². The Balaban J connectivity index is 1.91. The van der Waals surface area contributed by atoms with Crippen LogP contribution in [0.4, 0.5) is 0 Å². The van der Waals surface area contributed by atoms with Gasteiger partial charge in [-0.05, 0) is 31.4 Å². The molecule has 1 aliphatic rings. The van der Waals surface area contributed by atoms with E-state index < -0.39 is 0 Å².